The van der Waals surface area contributed by atoms with E-state index in [4.69, 9.17) is 0 Å². The third-order valence-corrected chi connectivity index (χ3v) is 2.88. The van der Waals surface area contributed by atoms with Crippen LogP contribution in [0.15, 0.2) is 24.4 Å². The summed E-state index contributed by atoms with van der Waals surface area (Å²) in [6.45, 7) is 0. The van der Waals surface area contributed by atoms with Gasteiger partial charge in [0.25, 0.3) is 0 Å². The van der Waals surface area contributed by atoms with Crippen molar-refractivity contribution < 1.29 is 4.39 Å². The number of halogens is 2. The third-order valence-electron chi connectivity index (χ3n) is 2.32. The van der Waals surface area contributed by atoms with Gasteiger partial charge in [0.05, 0.1) is 0 Å². The van der Waals surface area contributed by atoms with E-state index in [1.165, 1.54) is 6.07 Å². The van der Waals surface area contributed by atoms with E-state index in [1.54, 1.807) is 6.07 Å². The zero-order chi connectivity index (χ0) is 9.97. The predicted molar refractivity (Wildman–Crippen MR) is 60.4 cm³/mol. The summed E-state index contributed by atoms with van der Waals surface area (Å²) in [5, 5.41) is 1.70. The second kappa shape index (κ2) is 4.13. The number of hydrogen-bond donors (Lipinski definition) is 1. The first-order valence-electron chi connectivity index (χ1n) is 4.63. The number of benzene rings is 1. The molecule has 1 heterocycles. The second-order valence-electron chi connectivity index (χ2n) is 3.27. The highest BCUT2D eigenvalue weighted by molar-refractivity contribution is 9.09. The Bertz CT molecular complexity index is 436. The van der Waals surface area contributed by atoms with Crippen LogP contribution in [0.1, 0.15) is 12.0 Å². The monoisotopic (exact) mass is 255 g/mol. The van der Waals surface area contributed by atoms with Crippen LogP contribution in [0, 0.1) is 5.82 Å². The molecular formula is C11H11BrFN. The van der Waals surface area contributed by atoms with Gasteiger partial charge in [-0.05, 0) is 30.5 Å². The molecule has 0 aliphatic heterocycles. The van der Waals surface area contributed by atoms with E-state index in [-0.39, 0.29) is 5.82 Å². The smallest absolute Gasteiger partial charge is 0.132 e. The maximum Gasteiger partial charge on any atom is 0.132 e. The molecular weight excluding hydrogens is 245 g/mol. The molecule has 1 nitrogen and oxygen atoms in total. The lowest BCUT2D eigenvalue weighted by Crippen LogP contribution is -1.85. The molecule has 0 radical (unpaired) electrons. The van der Waals surface area contributed by atoms with Crippen LogP contribution in [0.5, 0.6) is 0 Å². The zero-order valence-corrected chi connectivity index (χ0v) is 9.27. The number of aryl methyl sites for hydroxylation is 1. The molecule has 0 saturated carbocycles. The molecule has 0 saturated heterocycles. The highest BCUT2D eigenvalue weighted by Crippen LogP contribution is 2.22. The van der Waals surface area contributed by atoms with Crippen LogP contribution < -0.4 is 0 Å². The summed E-state index contributed by atoms with van der Waals surface area (Å²) in [6.07, 6.45) is 3.84. The number of aromatic amines is 1. The van der Waals surface area contributed by atoms with E-state index >= 15 is 0 Å². The van der Waals surface area contributed by atoms with Crippen molar-refractivity contribution in [2.45, 2.75) is 12.8 Å². The first-order chi connectivity index (χ1) is 6.83. The van der Waals surface area contributed by atoms with Crippen LogP contribution in [0.3, 0.4) is 0 Å². The number of aromatic nitrogens is 1. The molecule has 74 valence electrons. The van der Waals surface area contributed by atoms with E-state index < -0.39 is 0 Å². The molecule has 0 bridgehead atoms. The molecule has 1 aromatic carbocycles. The second-order valence-corrected chi connectivity index (χ2v) is 4.06. The third kappa shape index (κ3) is 1.69. The number of alkyl halides is 1. The van der Waals surface area contributed by atoms with E-state index in [0.717, 1.165) is 34.6 Å². The first kappa shape index (κ1) is 9.71. The van der Waals surface area contributed by atoms with Crippen molar-refractivity contribution in [2.24, 2.45) is 0 Å². The zero-order valence-electron chi connectivity index (χ0n) is 7.69. The van der Waals surface area contributed by atoms with Crippen LogP contribution in [-0.2, 0) is 6.42 Å². The number of rotatable bonds is 3. The Labute approximate surface area is 90.5 Å². The van der Waals surface area contributed by atoms with Crippen molar-refractivity contribution in [3.05, 3.63) is 35.8 Å². The molecule has 3 heteroatoms. The van der Waals surface area contributed by atoms with Crippen molar-refractivity contribution >= 4 is 26.8 Å². The van der Waals surface area contributed by atoms with Gasteiger partial charge in [0, 0.05) is 22.4 Å². The van der Waals surface area contributed by atoms with Gasteiger partial charge >= 0.3 is 0 Å². The summed E-state index contributed by atoms with van der Waals surface area (Å²) in [6, 6.07) is 5.13. The van der Waals surface area contributed by atoms with E-state index in [1.807, 2.05) is 12.3 Å². The van der Waals surface area contributed by atoms with E-state index in [0.29, 0.717) is 0 Å². The maximum atomic E-state index is 13.5. The van der Waals surface area contributed by atoms with Crippen LogP contribution in [-0.4, -0.2) is 10.3 Å². The summed E-state index contributed by atoms with van der Waals surface area (Å²) in [5.41, 5.74) is 1.95. The van der Waals surface area contributed by atoms with Crippen molar-refractivity contribution in [1.82, 2.24) is 4.98 Å². The minimum atomic E-state index is -0.131. The summed E-state index contributed by atoms with van der Waals surface area (Å²) in [5.74, 6) is -0.131. The number of fused-ring (bicyclic) bond motifs is 1. The SMILES string of the molecule is Fc1cccc2[nH]cc(CCCBr)c12. The lowest BCUT2D eigenvalue weighted by molar-refractivity contribution is 0.639. The fraction of sp³-hybridized carbons (Fsp3) is 0.273. The molecule has 0 atom stereocenters. The standard InChI is InChI=1S/C11H11BrFN/c12-6-2-3-8-7-14-10-5-1-4-9(13)11(8)10/h1,4-5,7,14H,2-3,6H2. The van der Waals surface area contributed by atoms with Gasteiger partial charge in [-0.3, -0.25) is 0 Å². The van der Waals surface area contributed by atoms with Crippen LogP contribution in [0.2, 0.25) is 0 Å². The average Bonchev–Trinajstić information content (AvgIpc) is 2.59. The Balaban J connectivity index is 2.45. The first-order valence-corrected chi connectivity index (χ1v) is 5.75. The van der Waals surface area contributed by atoms with Gasteiger partial charge in [-0.15, -0.1) is 0 Å². The van der Waals surface area contributed by atoms with E-state index in [2.05, 4.69) is 20.9 Å². The Kier molecular flexibility index (Phi) is 2.87. The quantitative estimate of drug-likeness (QED) is 0.807. The van der Waals surface area contributed by atoms with Crippen molar-refractivity contribution in [2.75, 3.05) is 5.33 Å². The van der Waals surface area contributed by atoms with Gasteiger partial charge in [-0.1, -0.05) is 22.0 Å². The molecule has 14 heavy (non-hydrogen) atoms. The van der Waals surface area contributed by atoms with Gasteiger partial charge in [-0.2, -0.15) is 0 Å². The molecule has 0 unspecified atom stereocenters. The highest BCUT2D eigenvalue weighted by Gasteiger charge is 2.07. The molecule has 2 rings (SSSR count). The predicted octanol–water partition coefficient (Wildman–Crippen LogP) is 3.63. The maximum absolute atomic E-state index is 13.5. The molecule has 0 fully saturated rings. The molecule has 2 aromatic rings. The number of nitrogens with one attached hydrogen (secondary N) is 1. The lowest BCUT2D eigenvalue weighted by atomic mass is 10.1. The summed E-state index contributed by atoms with van der Waals surface area (Å²) >= 11 is 3.37. The Hall–Kier alpha value is -0.830. The molecule has 0 aliphatic carbocycles. The van der Waals surface area contributed by atoms with Gasteiger partial charge < -0.3 is 4.98 Å². The molecule has 1 aromatic heterocycles. The van der Waals surface area contributed by atoms with Crippen LogP contribution in [0.4, 0.5) is 4.39 Å². The van der Waals surface area contributed by atoms with Crippen molar-refractivity contribution in [3.63, 3.8) is 0 Å². The fourth-order valence-electron chi connectivity index (χ4n) is 1.66. The summed E-state index contributed by atoms with van der Waals surface area (Å²) in [4.78, 5) is 3.08. The van der Waals surface area contributed by atoms with Gasteiger partial charge in [0.2, 0.25) is 0 Å². The largest absolute Gasteiger partial charge is 0.361 e. The van der Waals surface area contributed by atoms with Crippen LogP contribution >= 0.6 is 15.9 Å². The molecule has 0 amide bonds. The van der Waals surface area contributed by atoms with E-state index in [9.17, 15) is 4.39 Å². The molecule has 0 aliphatic rings. The Morgan fingerprint density at radius 2 is 2.21 bits per heavy atom. The minimum absolute atomic E-state index is 0.131. The van der Waals surface area contributed by atoms with Gasteiger partial charge in [-0.25, -0.2) is 4.39 Å². The normalized spacial score (nSPS) is 11.0. The molecule has 0 spiro atoms. The van der Waals surface area contributed by atoms with Crippen molar-refractivity contribution in [1.29, 1.82) is 0 Å². The van der Waals surface area contributed by atoms with Crippen LogP contribution in [0.25, 0.3) is 10.9 Å². The number of hydrogen-bond acceptors (Lipinski definition) is 0. The number of H-pyrrole nitrogens is 1. The minimum Gasteiger partial charge on any atom is -0.361 e. The summed E-state index contributed by atoms with van der Waals surface area (Å²) < 4.78 is 13.5. The lowest BCUT2D eigenvalue weighted by Gasteiger charge is -1.97. The Morgan fingerprint density at radius 3 is 3.00 bits per heavy atom. The molecule has 1 N–H and O–H groups in total. The summed E-state index contributed by atoms with van der Waals surface area (Å²) in [7, 11) is 0. The highest BCUT2D eigenvalue weighted by atomic mass is 79.9. The average molecular weight is 256 g/mol. The fourth-order valence-corrected chi connectivity index (χ4v) is 1.94. The van der Waals surface area contributed by atoms with Gasteiger partial charge in [0.1, 0.15) is 5.82 Å². The van der Waals surface area contributed by atoms with Crippen molar-refractivity contribution in [3.8, 4) is 0 Å². The van der Waals surface area contributed by atoms with Gasteiger partial charge in [0.15, 0.2) is 0 Å². The topological polar surface area (TPSA) is 15.8 Å². The Morgan fingerprint density at radius 1 is 1.36 bits per heavy atom.